The van der Waals surface area contributed by atoms with Crippen LogP contribution >= 0.6 is 0 Å². The van der Waals surface area contributed by atoms with E-state index in [-0.39, 0.29) is 22.8 Å². The predicted octanol–water partition coefficient (Wildman–Crippen LogP) is 3.41. The maximum atomic E-state index is 13.0. The van der Waals surface area contributed by atoms with Crippen molar-refractivity contribution in [2.24, 2.45) is 5.41 Å². The van der Waals surface area contributed by atoms with Crippen molar-refractivity contribution in [1.82, 2.24) is 9.80 Å². The van der Waals surface area contributed by atoms with Gasteiger partial charge in [-0.2, -0.15) is 0 Å². The highest BCUT2D eigenvalue weighted by Crippen LogP contribution is 2.40. The Morgan fingerprint density at radius 3 is 2.54 bits per heavy atom. The first-order valence-electron chi connectivity index (χ1n) is 9.98. The topological polar surface area (TPSA) is 53.8 Å². The Bertz CT molecular complexity index is 716. The molecule has 1 spiro atoms. The average molecular weight is 360 g/mol. The molecule has 1 aromatic rings. The van der Waals surface area contributed by atoms with Gasteiger partial charge in [0.1, 0.15) is 11.3 Å². The van der Waals surface area contributed by atoms with Crippen LogP contribution in [0.3, 0.4) is 0 Å². The number of likely N-dealkylation sites (tertiary alicyclic amines) is 2. The van der Waals surface area contributed by atoms with E-state index < -0.39 is 5.63 Å². The summed E-state index contributed by atoms with van der Waals surface area (Å²) in [5.41, 5.74) is 0.736. The van der Waals surface area contributed by atoms with Gasteiger partial charge in [-0.25, -0.2) is 4.79 Å². The lowest BCUT2D eigenvalue weighted by Crippen LogP contribution is -2.41. The summed E-state index contributed by atoms with van der Waals surface area (Å²) in [4.78, 5) is 29.8. The molecule has 144 valence electrons. The molecule has 2 aliphatic rings. The summed E-state index contributed by atoms with van der Waals surface area (Å²) in [5.74, 6) is 0.741. The minimum absolute atomic E-state index is 0.151. The minimum atomic E-state index is -0.475. The third-order valence-corrected chi connectivity index (χ3v) is 6.36. The van der Waals surface area contributed by atoms with E-state index in [0.29, 0.717) is 5.76 Å². The molecule has 26 heavy (non-hydrogen) atoms. The molecule has 1 amide bonds. The second-order valence-corrected chi connectivity index (χ2v) is 8.46. The van der Waals surface area contributed by atoms with Gasteiger partial charge in [0.15, 0.2) is 0 Å². The van der Waals surface area contributed by atoms with E-state index in [1.807, 2.05) is 17.9 Å². The van der Waals surface area contributed by atoms with E-state index in [1.54, 1.807) is 0 Å². The standard InChI is InChI=1S/C21H32N2O3/c1-5-6-15(2)17-13-16(3)18(20(25)26-17)19(24)23-12-9-21(14-23)7-10-22(4)11-8-21/h13,15H,5-12,14H2,1-4H3. The molecule has 1 unspecified atom stereocenters. The van der Waals surface area contributed by atoms with Crippen LogP contribution in [0.15, 0.2) is 15.3 Å². The van der Waals surface area contributed by atoms with Crippen LogP contribution in [-0.2, 0) is 0 Å². The molecule has 3 heterocycles. The Morgan fingerprint density at radius 1 is 1.27 bits per heavy atom. The molecule has 3 rings (SSSR count). The Morgan fingerprint density at radius 2 is 1.92 bits per heavy atom. The fourth-order valence-electron chi connectivity index (χ4n) is 4.48. The number of aryl methyl sites for hydroxylation is 1. The zero-order chi connectivity index (χ0) is 18.9. The van der Waals surface area contributed by atoms with Gasteiger partial charge in [0.2, 0.25) is 0 Å². The summed E-state index contributed by atoms with van der Waals surface area (Å²) in [6.45, 7) is 9.73. The van der Waals surface area contributed by atoms with E-state index in [2.05, 4.69) is 25.8 Å². The second kappa shape index (κ2) is 7.55. The van der Waals surface area contributed by atoms with Crippen molar-refractivity contribution in [3.05, 3.63) is 33.4 Å². The first-order valence-corrected chi connectivity index (χ1v) is 9.98. The Hall–Kier alpha value is -1.62. The van der Waals surface area contributed by atoms with Crippen molar-refractivity contribution >= 4 is 5.91 Å². The molecular weight excluding hydrogens is 328 g/mol. The molecule has 0 aliphatic carbocycles. The number of rotatable bonds is 4. The SMILES string of the molecule is CCCC(C)c1cc(C)c(C(=O)N2CCC3(CCN(C)CC3)C2)c(=O)o1. The first kappa shape index (κ1) is 19.2. The monoisotopic (exact) mass is 360 g/mol. The number of carbonyl (C=O) groups excluding carboxylic acids is 1. The minimum Gasteiger partial charge on any atom is -0.427 e. The number of amides is 1. The molecular formula is C21H32N2O3. The number of piperidine rings is 1. The van der Waals surface area contributed by atoms with Crippen molar-refractivity contribution in [3.8, 4) is 0 Å². The predicted molar refractivity (Wildman–Crippen MR) is 103 cm³/mol. The molecule has 1 atom stereocenters. The average Bonchev–Trinajstić information content (AvgIpc) is 3.01. The normalized spacial score (nSPS) is 21.3. The number of nitrogens with zero attached hydrogens (tertiary/aromatic N) is 2. The van der Waals surface area contributed by atoms with Gasteiger partial charge in [0, 0.05) is 19.0 Å². The number of carbonyl (C=O) groups is 1. The summed E-state index contributed by atoms with van der Waals surface area (Å²) in [7, 11) is 2.15. The molecule has 2 saturated heterocycles. The zero-order valence-electron chi connectivity index (χ0n) is 16.6. The fourth-order valence-corrected chi connectivity index (χ4v) is 4.48. The van der Waals surface area contributed by atoms with E-state index >= 15 is 0 Å². The van der Waals surface area contributed by atoms with E-state index in [9.17, 15) is 9.59 Å². The van der Waals surface area contributed by atoms with Crippen molar-refractivity contribution in [3.63, 3.8) is 0 Å². The molecule has 0 saturated carbocycles. The van der Waals surface area contributed by atoms with E-state index in [1.165, 1.54) is 0 Å². The lowest BCUT2D eigenvalue weighted by atomic mass is 9.78. The molecule has 0 bridgehead atoms. The van der Waals surface area contributed by atoms with Gasteiger partial charge in [-0.05, 0) is 69.8 Å². The van der Waals surface area contributed by atoms with Gasteiger partial charge in [0.25, 0.3) is 5.91 Å². The third kappa shape index (κ3) is 3.73. The van der Waals surface area contributed by atoms with Gasteiger partial charge in [0.05, 0.1) is 0 Å². The summed E-state index contributed by atoms with van der Waals surface area (Å²) >= 11 is 0. The smallest absolute Gasteiger partial charge is 0.349 e. The molecule has 0 N–H and O–H groups in total. The maximum Gasteiger partial charge on any atom is 0.349 e. The third-order valence-electron chi connectivity index (χ3n) is 6.36. The van der Waals surface area contributed by atoms with E-state index in [4.69, 9.17) is 4.42 Å². The van der Waals surface area contributed by atoms with Crippen LogP contribution in [0.2, 0.25) is 0 Å². The van der Waals surface area contributed by atoms with E-state index in [0.717, 1.165) is 63.8 Å². The van der Waals surface area contributed by atoms with Crippen molar-refractivity contribution in [2.45, 2.75) is 58.8 Å². The first-order chi connectivity index (χ1) is 12.3. The van der Waals surface area contributed by atoms with Gasteiger partial charge >= 0.3 is 5.63 Å². The van der Waals surface area contributed by atoms with Gasteiger partial charge < -0.3 is 14.2 Å². The fraction of sp³-hybridized carbons (Fsp3) is 0.714. The van der Waals surface area contributed by atoms with Crippen LogP contribution in [0, 0.1) is 12.3 Å². The molecule has 0 radical (unpaired) electrons. The Kier molecular flexibility index (Phi) is 5.56. The van der Waals surface area contributed by atoms with Crippen LogP contribution in [0.4, 0.5) is 0 Å². The highest BCUT2D eigenvalue weighted by atomic mass is 16.4. The number of hydrogen-bond donors (Lipinski definition) is 0. The van der Waals surface area contributed by atoms with Crippen LogP contribution in [0.5, 0.6) is 0 Å². The Labute approximate surface area is 156 Å². The number of hydrogen-bond acceptors (Lipinski definition) is 4. The lowest BCUT2D eigenvalue weighted by Gasteiger charge is -2.37. The molecule has 5 heteroatoms. The summed E-state index contributed by atoms with van der Waals surface area (Å²) < 4.78 is 5.53. The Balaban J connectivity index is 1.77. The highest BCUT2D eigenvalue weighted by Gasteiger charge is 2.42. The molecule has 2 fully saturated rings. The summed E-state index contributed by atoms with van der Waals surface area (Å²) in [6, 6.07) is 1.89. The van der Waals surface area contributed by atoms with Crippen molar-refractivity contribution in [1.29, 1.82) is 0 Å². The van der Waals surface area contributed by atoms with Crippen LogP contribution in [0.25, 0.3) is 0 Å². The lowest BCUT2D eigenvalue weighted by molar-refractivity contribution is 0.0731. The van der Waals surface area contributed by atoms with Crippen molar-refractivity contribution < 1.29 is 9.21 Å². The zero-order valence-corrected chi connectivity index (χ0v) is 16.6. The van der Waals surface area contributed by atoms with Crippen LogP contribution in [-0.4, -0.2) is 48.9 Å². The van der Waals surface area contributed by atoms with Gasteiger partial charge in [-0.3, -0.25) is 4.79 Å². The van der Waals surface area contributed by atoms with Crippen molar-refractivity contribution in [2.75, 3.05) is 33.2 Å². The maximum absolute atomic E-state index is 13.0. The quantitative estimate of drug-likeness (QED) is 0.826. The van der Waals surface area contributed by atoms with Crippen LogP contribution < -0.4 is 5.63 Å². The molecule has 2 aliphatic heterocycles. The summed E-state index contributed by atoms with van der Waals surface area (Å²) in [5, 5.41) is 0. The molecule has 5 nitrogen and oxygen atoms in total. The second-order valence-electron chi connectivity index (χ2n) is 8.46. The van der Waals surface area contributed by atoms with Crippen LogP contribution in [0.1, 0.15) is 73.6 Å². The summed E-state index contributed by atoms with van der Waals surface area (Å²) in [6.07, 6.45) is 5.32. The van der Waals surface area contributed by atoms with Gasteiger partial charge in [-0.15, -0.1) is 0 Å². The van der Waals surface area contributed by atoms with Gasteiger partial charge in [-0.1, -0.05) is 20.3 Å². The molecule has 1 aromatic heterocycles. The highest BCUT2D eigenvalue weighted by molar-refractivity contribution is 5.95. The largest absolute Gasteiger partial charge is 0.427 e. The molecule has 0 aromatic carbocycles.